The van der Waals surface area contributed by atoms with E-state index in [4.69, 9.17) is 4.74 Å². The molecule has 3 rings (SSSR count). The monoisotopic (exact) mass is 330 g/mol. The number of nitrogens with zero attached hydrogens (tertiary/aromatic N) is 3. The minimum atomic E-state index is -0.489. The Bertz CT molecular complexity index is 758. The molecule has 126 valence electrons. The fourth-order valence-corrected chi connectivity index (χ4v) is 2.80. The fourth-order valence-electron chi connectivity index (χ4n) is 2.80. The van der Waals surface area contributed by atoms with Crippen molar-refractivity contribution in [3.63, 3.8) is 0 Å². The van der Waals surface area contributed by atoms with Gasteiger partial charge in [0.25, 0.3) is 5.69 Å². The number of ether oxygens (including phenoxy) is 1. The second-order valence-corrected chi connectivity index (χ2v) is 5.57. The summed E-state index contributed by atoms with van der Waals surface area (Å²) in [6.07, 6.45) is 1.92. The number of benzene rings is 1. The van der Waals surface area contributed by atoms with Gasteiger partial charge in [-0.3, -0.25) is 10.1 Å². The number of nitro benzene ring substituents is 1. The highest BCUT2D eigenvalue weighted by Crippen LogP contribution is 2.25. The van der Waals surface area contributed by atoms with Crippen LogP contribution in [0.1, 0.15) is 11.7 Å². The van der Waals surface area contributed by atoms with Crippen LogP contribution >= 0.6 is 0 Å². The average Bonchev–Trinajstić information content (AvgIpc) is 3.01. The minimum Gasteiger partial charge on any atom is -0.377 e. The number of amides is 2. The Balaban J connectivity index is 1.78. The molecule has 1 aromatic heterocycles. The van der Waals surface area contributed by atoms with Crippen LogP contribution in [0.2, 0.25) is 0 Å². The van der Waals surface area contributed by atoms with Gasteiger partial charge in [-0.2, -0.15) is 0 Å². The summed E-state index contributed by atoms with van der Waals surface area (Å²) in [5.41, 5.74) is 1.31. The van der Waals surface area contributed by atoms with Gasteiger partial charge >= 0.3 is 6.03 Å². The topological polar surface area (TPSA) is 89.6 Å². The van der Waals surface area contributed by atoms with E-state index in [2.05, 4.69) is 5.32 Å². The number of rotatable bonds is 3. The Hall–Kier alpha value is -2.87. The molecule has 1 saturated heterocycles. The van der Waals surface area contributed by atoms with Gasteiger partial charge in [0, 0.05) is 43.3 Å². The number of nitrogens with one attached hydrogen (secondary N) is 1. The van der Waals surface area contributed by atoms with Crippen LogP contribution < -0.4 is 5.32 Å². The lowest BCUT2D eigenvalue weighted by Crippen LogP contribution is -2.46. The number of nitro groups is 1. The molecule has 2 amide bonds. The summed E-state index contributed by atoms with van der Waals surface area (Å²) < 4.78 is 7.47. The van der Waals surface area contributed by atoms with Crippen LogP contribution in [0.3, 0.4) is 0 Å². The van der Waals surface area contributed by atoms with Crippen molar-refractivity contribution in [2.45, 2.75) is 6.04 Å². The number of anilines is 1. The maximum Gasteiger partial charge on any atom is 0.322 e. The smallest absolute Gasteiger partial charge is 0.322 e. The molecule has 0 spiro atoms. The third-order valence-electron chi connectivity index (χ3n) is 4.02. The number of urea groups is 1. The fraction of sp³-hybridized carbons (Fsp3) is 0.312. The van der Waals surface area contributed by atoms with Gasteiger partial charge in [0.05, 0.1) is 24.2 Å². The molecule has 8 nitrogen and oxygen atoms in total. The molecule has 2 aromatic rings. The van der Waals surface area contributed by atoms with Crippen LogP contribution in [0.25, 0.3) is 0 Å². The molecule has 0 bridgehead atoms. The van der Waals surface area contributed by atoms with Gasteiger partial charge in [-0.05, 0) is 18.2 Å². The molecule has 0 saturated carbocycles. The second kappa shape index (κ2) is 6.71. The van der Waals surface area contributed by atoms with Crippen LogP contribution in [-0.4, -0.2) is 40.2 Å². The van der Waals surface area contributed by atoms with E-state index in [0.717, 1.165) is 5.69 Å². The van der Waals surface area contributed by atoms with Gasteiger partial charge in [-0.1, -0.05) is 6.07 Å². The highest BCUT2D eigenvalue weighted by Gasteiger charge is 2.30. The molecule has 8 heteroatoms. The first kappa shape index (κ1) is 16.0. The normalized spacial score (nSPS) is 17.5. The van der Waals surface area contributed by atoms with Gasteiger partial charge in [-0.25, -0.2) is 4.79 Å². The van der Waals surface area contributed by atoms with Crippen molar-refractivity contribution >= 4 is 17.4 Å². The van der Waals surface area contributed by atoms with Gasteiger partial charge in [0.2, 0.25) is 0 Å². The Morgan fingerprint density at radius 3 is 2.92 bits per heavy atom. The molecule has 0 aliphatic carbocycles. The summed E-state index contributed by atoms with van der Waals surface area (Å²) in [5.74, 6) is 0. The molecule has 2 heterocycles. The summed E-state index contributed by atoms with van der Waals surface area (Å²) in [7, 11) is 1.92. The lowest BCUT2D eigenvalue weighted by atomic mass is 10.1. The molecule has 1 aromatic carbocycles. The third-order valence-corrected chi connectivity index (χ3v) is 4.02. The highest BCUT2D eigenvalue weighted by atomic mass is 16.6. The van der Waals surface area contributed by atoms with E-state index in [1.54, 1.807) is 17.0 Å². The summed E-state index contributed by atoms with van der Waals surface area (Å²) in [6, 6.07) is 9.27. The van der Waals surface area contributed by atoms with E-state index in [9.17, 15) is 14.9 Å². The number of carbonyl (C=O) groups is 1. The number of aromatic nitrogens is 1. The molecule has 1 aliphatic heterocycles. The van der Waals surface area contributed by atoms with Crippen molar-refractivity contribution in [1.29, 1.82) is 0 Å². The zero-order chi connectivity index (χ0) is 17.1. The molecular formula is C16H18N4O4. The maximum atomic E-state index is 12.6. The SMILES string of the molecule is Cn1cccc1[C@H]1COCCN1C(=O)Nc1cccc([N+](=O)[O-])c1. The first-order chi connectivity index (χ1) is 11.6. The molecule has 1 atom stereocenters. The Morgan fingerprint density at radius 2 is 2.21 bits per heavy atom. The Labute approximate surface area is 138 Å². The zero-order valence-corrected chi connectivity index (χ0v) is 13.2. The van der Waals surface area contributed by atoms with E-state index in [0.29, 0.717) is 25.4 Å². The molecule has 0 unspecified atom stereocenters. The summed E-state index contributed by atoms with van der Waals surface area (Å²) >= 11 is 0. The number of morpholine rings is 1. The van der Waals surface area contributed by atoms with Gasteiger partial charge in [0.1, 0.15) is 0 Å². The second-order valence-electron chi connectivity index (χ2n) is 5.57. The van der Waals surface area contributed by atoms with Crippen LogP contribution in [0.15, 0.2) is 42.6 Å². The Kier molecular flexibility index (Phi) is 4.48. The van der Waals surface area contributed by atoms with Crippen molar-refractivity contribution in [1.82, 2.24) is 9.47 Å². The van der Waals surface area contributed by atoms with Crippen LogP contribution in [0.4, 0.5) is 16.2 Å². The van der Waals surface area contributed by atoms with Crippen LogP contribution in [0.5, 0.6) is 0 Å². The van der Waals surface area contributed by atoms with E-state index < -0.39 is 4.92 Å². The standard InChI is InChI=1S/C16H18N4O4/c1-18-7-3-6-14(18)15-11-24-9-8-19(15)16(21)17-12-4-2-5-13(10-12)20(22)23/h2-7,10,15H,8-9,11H2,1H3,(H,17,21)/t15-/m1/s1. The Morgan fingerprint density at radius 1 is 1.38 bits per heavy atom. The van der Waals surface area contributed by atoms with Gasteiger partial charge in [0.15, 0.2) is 0 Å². The largest absolute Gasteiger partial charge is 0.377 e. The van der Waals surface area contributed by atoms with Crippen LogP contribution in [-0.2, 0) is 11.8 Å². The molecule has 24 heavy (non-hydrogen) atoms. The first-order valence-corrected chi connectivity index (χ1v) is 7.57. The number of hydrogen-bond donors (Lipinski definition) is 1. The average molecular weight is 330 g/mol. The molecule has 1 fully saturated rings. The lowest BCUT2D eigenvalue weighted by Gasteiger charge is -2.35. The van der Waals surface area contributed by atoms with Gasteiger partial charge < -0.3 is 19.5 Å². The number of non-ortho nitro benzene ring substituents is 1. The molecular weight excluding hydrogens is 312 g/mol. The maximum absolute atomic E-state index is 12.6. The number of aryl methyl sites for hydroxylation is 1. The van der Waals surface area contributed by atoms with Crippen molar-refractivity contribution in [3.05, 3.63) is 58.4 Å². The molecule has 1 aliphatic rings. The highest BCUT2D eigenvalue weighted by molar-refractivity contribution is 5.90. The third kappa shape index (κ3) is 3.23. The minimum absolute atomic E-state index is 0.0613. The zero-order valence-electron chi connectivity index (χ0n) is 13.2. The van der Waals surface area contributed by atoms with E-state index >= 15 is 0 Å². The molecule has 1 N–H and O–H groups in total. The first-order valence-electron chi connectivity index (χ1n) is 7.57. The van der Waals surface area contributed by atoms with Gasteiger partial charge in [-0.15, -0.1) is 0 Å². The summed E-state index contributed by atoms with van der Waals surface area (Å²) in [6.45, 7) is 1.33. The van der Waals surface area contributed by atoms with Crippen molar-refractivity contribution in [2.24, 2.45) is 7.05 Å². The lowest BCUT2D eigenvalue weighted by molar-refractivity contribution is -0.384. The van der Waals surface area contributed by atoms with Crippen molar-refractivity contribution < 1.29 is 14.5 Å². The predicted octanol–water partition coefficient (Wildman–Crippen LogP) is 2.54. The predicted molar refractivity (Wildman–Crippen MR) is 87.8 cm³/mol. The number of hydrogen-bond acceptors (Lipinski definition) is 4. The summed E-state index contributed by atoms with van der Waals surface area (Å²) in [4.78, 5) is 24.7. The quantitative estimate of drug-likeness (QED) is 0.692. The number of carbonyl (C=O) groups excluding carboxylic acids is 1. The van der Waals surface area contributed by atoms with E-state index in [-0.39, 0.29) is 17.8 Å². The molecule has 0 radical (unpaired) electrons. The van der Waals surface area contributed by atoms with Crippen molar-refractivity contribution in [2.75, 3.05) is 25.1 Å². The van der Waals surface area contributed by atoms with E-state index in [1.807, 2.05) is 29.9 Å². The summed E-state index contributed by atoms with van der Waals surface area (Å²) in [5, 5.41) is 13.6. The van der Waals surface area contributed by atoms with Crippen LogP contribution in [0, 0.1) is 10.1 Å². The van der Waals surface area contributed by atoms with E-state index in [1.165, 1.54) is 12.1 Å². The van der Waals surface area contributed by atoms with Crippen molar-refractivity contribution in [3.8, 4) is 0 Å².